The fourth-order valence-corrected chi connectivity index (χ4v) is 3.68. The van der Waals surface area contributed by atoms with Crippen molar-refractivity contribution in [3.63, 3.8) is 0 Å². The van der Waals surface area contributed by atoms with Crippen molar-refractivity contribution in [1.82, 2.24) is 5.32 Å². The molecule has 0 aromatic heterocycles. The van der Waals surface area contributed by atoms with Crippen molar-refractivity contribution in [2.24, 2.45) is 5.73 Å². The minimum absolute atomic E-state index is 0.157. The zero-order valence-electron chi connectivity index (χ0n) is 8.54. The number of hydrogen-bond acceptors (Lipinski definition) is 4. The van der Waals surface area contributed by atoms with Gasteiger partial charge in [0.1, 0.15) is 0 Å². The highest BCUT2D eigenvalue weighted by atomic mass is 32.2. The van der Waals surface area contributed by atoms with Crippen LogP contribution in [0.15, 0.2) is 12.2 Å². The van der Waals surface area contributed by atoms with Gasteiger partial charge < -0.3 is 11.1 Å². The van der Waals surface area contributed by atoms with Gasteiger partial charge in [-0.25, -0.2) is 8.42 Å². The van der Waals surface area contributed by atoms with E-state index in [0.717, 1.165) is 5.57 Å². The van der Waals surface area contributed by atoms with Crippen molar-refractivity contribution in [2.75, 3.05) is 24.6 Å². The molecular weight excluding hydrogens is 200 g/mol. The maximum Gasteiger partial charge on any atom is 0.152 e. The Balaban J connectivity index is 2.65. The van der Waals surface area contributed by atoms with E-state index in [0.29, 0.717) is 19.5 Å². The number of hydrogen-bond donors (Lipinski definition) is 2. The molecule has 1 saturated heterocycles. The molecule has 1 heterocycles. The van der Waals surface area contributed by atoms with E-state index in [-0.39, 0.29) is 11.5 Å². The Labute approximate surface area is 85.5 Å². The number of nitrogens with two attached hydrogens (primary N) is 1. The molecule has 1 fully saturated rings. The Morgan fingerprint density at radius 2 is 2.29 bits per heavy atom. The summed E-state index contributed by atoms with van der Waals surface area (Å²) >= 11 is 0. The summed E-state index contributed by atoms with van der Waals surface area (Å²) in [6, 6.07) is 0. The smallest absolute Gasteiger partial charge is 0.152 e. The van der Waals surface area contributed by atoms with Crippen molar-refractivity contribution in [3.8, 4) is 0 Å². The van der Waals surface area contributed by atoms with Gasteiger partial charge in [-0.15, -0.1) is 0 Å². The van der Waals surface area contributed by atoms with E-state index in [4.69, 9.17) is 5.73 Å². The van der Waals surface area contributed by atoms with E-state index in [1.54, 1.807) is 0 Å². The predicted molar refractivity (Wildman–Crippen MR) is 57.9 cm³/mol. The van der Waals surface area contributed by atoms with Crippen molar-refractivity contribution in [2.45, 2.75) is 18.9 Å². The first-order valence-electron chi connectivity index (χ1n) is 4.69. The third-order valence-corrected chi connectivity index (χ3v) is 4.36. The largest absolute Gasteiger partial charge is 0.329 e. The van der Waals surface area contributed by atoms with Crippen molar-refractivity contribution in [1.29, 1.82) is 0 Å². The normalized spacial score (nSPS) is 30.4. The Hall–Kier alpha value is -0.390. The van der Waals surface area contributed by atoms with Crippen molar-refractivity contribution in [3.05, 3.63) is 12.2 Å². The van der Waals surface area contributed by atoms with Gasteiger partial charge in [0.15, 0.2) is 9.84 Å². The summed E-state index contributed by atoms with van der Waals surface area (Å²) in [4.78, 5) is 0. The van der Waals surface area contributed by atoms with E-state index in [2.05, 4.69) is 11.9 Å². The van der Waals surface area contributed by atoms with Gasteiger partial charge in [0, 0.05) is 18.6 Å². The molecule has 5 heteroatoms. The van der Waals surface area contributed by atoms with Gasteiger partial charge in [-0.3, -0.25) is 0 Å². The molecule has 1 aliphatic heterocycles. The lowest BCUT2D eigenvalue weighted by Crippen LogP contribution is -2.52. The second kappa shape index (κ2) is 4.00. The van der Waals surface area contributed by atoms with Gasteiger partial charge in [-0.1, -0.05) is 12.2 Å². The third kappa shape index (κ3) is 2.80. The van der Waals surface area contributed by atoms with Crippen LogP contribution in [0.2, 0.25) is 0 Å². The summed E-state index contributed by atoms with van der Waals surface area (Å²) in [7, 11) is -2.89. The summed E-state index contributed by atoms with van der Waals surface area (Å²) in [6.45, 7) is 6.66. The molecule has 0 aliphatic carbocycles. The van der Waals surface area contributed by atoms with Crippen LogP contribution in [0.5, 0.6) is 0 Å². The number of nitrogens with one attached hydrogen (secondary N) is 1. The van der Waals surface area contributed by atoms with Gasteiger partial charge in [0.05, 0.1) is 11.5 Å². The van der Waals surface area contributed by atoms with Crippen LogP contribution >= 0.6 is 0 Å². The number of sulfone groups is 1. The zero-order valence-corrected chi connectivity index (χ0v) is 9.36. The molecule has 0 bridgehead atoms. The van der Waals surface area contributed by atoms with Crippen LogP contribution in [-0.4, -0.2) is 38.6 Å². The van der Waals surface area contributed by atoms with Crippen LogP contribution < -0.4 is 11.1 Å². The first-order valence-corrected chi connectivity index (χ1v) is 6.51. The molecule has 1 aliphatic rings. The highest BCUT2D eigenvalue weighted by Gasteiger charge is 2.40. The Bertz CT molecular complexity index is 324. The van der Waals surface area contributed by atoms with Gasteiger partial charge in [0.25, 0.3) is 0 Å². The van der Waals surface area contributed by atoms with Crippen LogP contribution in [0.4, 0.5) is 0 Å². The minimum Gasteiger partial charge on any atom is -0.329 e. The summed E-state index contributed by atoms with van der Waals surface area (Å²) in [5, 5.41) is 3.20. The average molecular weight is 218 g/mol. The second-order valence-corrected chi connectivity index (χ2v) is 6.32. The molecular formula is C9H18N2O2S. The third-order valence-electron chi connectivity index (χ3n) is 2.54. The first kappa shape index (κ1) is 11.7. The Morgan fingerprint density at radius 3 is 2.64 bits per heavy atom. The monoisotopic (exact) mass is 218 g/mol. The summed E-state index contributed by atoms with van der Waals surface area (Å²) in [6.07, 6.45) is 0.610. The molecule has 0 spiro atoms. The van der Waals surface area contributed by atoms with E-state index in [9.17, 15) is 8.42 Å². The van der Waals surface area contributed by atoms with E-state index in [1.807, 2.05) is 6.92 Å². The highest BCUT2D eigenvalue weighted by Crippen LogP contribution is 2.22. The van der Waals surface area contributed by atoms with Gasteiger partial charge in [0.2, 0.25) is 0 Å². The first-order chi connectivity index (χ1) is 6.39. The molecule has 4 nitrogen and oxygen atoms in total. The van der Waals surface area contributed by atoms with E-state index < -0.39 is 15.4 Å². The molecule has 0 saturated carbocycles. The van der Waals surface area contributed by atoms with Crippen LogP contribution in [0.1, 0.15) is 13.3 Å². The maximum atomic E-state index is 11.3. The van der Waals surface area contributed by atoms with Gasteiger partial charge in [-0.05, 0) is 13.3 Å². The van der Waals surface area contributed by atoms with Crippen LogP contribution in [0, 0.1) is 0 Å². The summed E-state index contributed by atoms with van der Waals surface area (Å²) in [5.41, 5.74) is 6.19. The Kier molecular flexibility index (Phi) is 3.34. The molecule has 0 amide bonds. The molecule has 14 heavy (non-hydrogen) atoms. The fraction of sp³-hybridized carbons (Fsp3) is 0.778. The summed E-state index contributed by atoms with van der Waals surface area (Å²) < 4.78 is 22.7. The van der Waals surface area contributed by atoms with Crippen LogP contribution in [-0.2, 0) is 9.84 Å². The molecule has 1 unspecified atom stereocenters. The molecule has 82 valence electrons. The predicted octanol–water partition coefficient (Wildman–Crippen LogP) is -0.332. The Morgan fingerprint density at radius 1 is 1.64 bits per heavy atom. The van der Waals surface area contributed by atoms with Crippen LogP contribution in [0.25, 0.3) is 0 Å². The average Bonchev–Trinajstić information content (AvgIpc) is 2.40. The lowest BCUT2D eigenvalue weighted by Gasteiger charge is -2.27. The SMILES string of the molecule is C=C(C)CNC1(CN)CCS(=O)(=O)C1. The lowest BCUT2D eigenvalue weighted by atomic mass is 9.99. The zero-order chi connectivity index (χ0) is 10.8. The van der Waals surface area contributed by atoms with Crippen molar-refractivity contribution < 1.29 is 8.42 Å². The molecule has 0 radical (unpaired) electrons. The molecule has 0 aromatic carbocycles. The van der Waals surface area contributed by atoms with Crippen LogP contribution in [0.3, 0.4) is 0 Å². The van der Waals surface area contributed by atoms with E-state index in [1.165, 1.54) is 0 Å². The van der Waals surface area contributed by atoms with Crippen molar-refractivity contribution >= 4 is 9.84 Å². The summed E-state index contributed by atoms with van der Waals surface area (Å²) in [5.74, 6) is 0.400. The minimum atomic E-state index is -2.89. The van der Waals surface area contributed by atoms with Gasteiger partial charge in [-0.2, -0.15) is 0 Å². The maximum absolute atomic E-state index is 11.3. The fourth-order valence-electron chi connectivity index (χ4n) is 1.63. The molecule has 1 rings (SSSR count). The topological polar surface area (TPSA) is 72.2 Å². The van der Waals surface area contributed by atoms with Gasteiger partial charge >= 0.3 is 0 Å². The molecule has 3 N–H and O–H groups in total. The molecule has 0 aromatic rings. The molecule has 1 atom stereocenters. The standard InChI is InChI=1S/C9H18N2O2S/c1-8(2)5-11-9(6-10)3-4-14(12,13)7-9/h11H,1,3-7,10H2,2H3. The van der Waals surface area contributed by atoms with E-state index >= 15 is 0 Å². The highest BCUT2D eigenvalue weighted by molar-refractivity contribution is 7.91. The number of rotatable bonds is 4. The quantitative estimate of drug-likeness (QED) is 0.634. The lowest BCUT2D eigenvalue weighted by molar-refractivity contribution is 0.386. The second-order valence-electron chi connectivity index (χ2n) is 4.14.